The van der Waals surface area contributed by atoms with E-state index < -0.39 is 15.9 Å². The van der Waals surface area contributed by atoms with Crippen LogP contribution in [0.15, 0.2) is 77.7 Å². The minimum absolute atomic E-state index is 0.0870. The number of rotatable bonds is 10. The number of hydrogen-bond acceptors (Lipinski definition) is 5. The van der Waals surface area contributed by atoms with Crippen LogP contribution in [0.2, 0.25) is 0 Å². The van der Waals surface area contributed by atoms with Crippen LogP contribution < -0.4 is 19.1 Å². The zero-order valence-electron chi connectivity index (χ0n) is 18.9. The van der Waals surface area contributed by atoms with Gasteiger partial charge in [0.2, 0.25) is 5.91 Å². The van der Waals surface area contributed by atoms with Crippen molar-refractivity contribution in [3.05, 3.63) is 83.9 Å². The quantitative estimate of drug-likeness (QED) is 0.488. The second-order valence-corrected chi connectivity index (χ2v) is 9.19. The lowest BCUT2D eigenvalue weighted by molar-refractivity contribution is -0.119. The first kappa shape index (κ1) is 24.1. The Morgan fingerprint density at radius 3 is 2.30 bits per heavy atom. The van der Waals surface area contributed by atoms with Gasteiger partial charge in [-0.1, -0.05) is 30.3 Å². The summed E-state index contributed by atoms with van der Waals surface area (Å²) in [5.74, 6) is 0.929. The van der Waals surface area contributed by atoms with Gasteiger partial charge in [-0.15, -0.1) is 0 Å². The van der Waals surface area contributed by atoms with Crippen molar-refractivity contribution >= 4 is 21.6 Å². The van der Waals surface area contributed by atoms with Crippen molar-refractivity contribution < 1.29 is 22.7 Å². The van der Waals surface area contributed by atoms with E-state index in [9.17, 15) is 13.2 Å². The summed E-state index contributed by atoms with van der Waals surface area (Å²) in [6.45, 7) is 4.18. The fourth-order valence-corrected chi connectivity index (χ4v) is 4.81. The lowest BCUT2D eigenvalue weighted by Gasteiger charge is -2.24. The fourth-order valence-electron chi connectivity index (χ4n) is 3.31. The normalized spacial score (nSPS) is 11.0. The number of benzene rings is 3. The third-order valence-electron chi connectivity index (χ3n) is 5.01. The number of ether oxygens (including phenoxy) is 2. The number of amides is 1. The van der Waals surface area contributed by atoms with E-state index in [0.717, 1.165) is 15.6 Å². The first-order valence-electron chi connectivity index (χ1n) is 10.6. The van der Waals surface area contributed by atoms with Crippen LogP contribution in [0, 0.1) is 6.92 Å². The summed E-state index contributed by atoms with van der Waals surface area (Å²) < 4.78 is 38.7. The van der Waals surface area contributed by atoms with Crippen molar-refractivity contribution in [3.63, 3.8) is 0 Å². The van der Waals surface area contributed by atoms with Gasteiger partial charge in [0, 0.05) is 6.54 Å². The molecule has 8 heteroatoms. The molecule has 0 spiro atoms. The Hall–Kier alpha value is -3.52. The van der Waals surface area contributed by atoms with Crippen molar-refractivity contribution in [1.82, 2.24) is 5.32 Å². The number of methoxy groups -OCH3 is 1. The Labute approximate surface area is 195 Å². The molecule has 0 bridgehead atoms. The minimum Gasteiger partial charge on any atom is -0.496 e. The highest BCUT2D eigenvalue weighted by Crippen LogP contribution is 2.27. The van der Waals surface area contributed by atoms with Crippen molar-refractivity contribution in [2.75, 3.05) is 24.6 Å². The Morgan fingerprint density at radius 1 is 1.00 bits per heavy atom. The SMILES string of the molecule is CCOc1ccc(CNC(=O)CN(c2ccccc2)S(=O)(=O)c2ccc(OC)c(C)c2)cc1. The molecule has 3 aromatic rings. The average Bonchev–Trinajstić information content (AvgIpc) is 2.82. The molecule has 7 nitrogen and oxygen atoms in total. The molecule has 0 aliphatic rings. The zero-order valence-corrected chi connectivity index (χ0v) is 19.8. The van der Waals surface area contributed by atoms with E-state index in [0.29, 0.717) is 23.6 Å². The molecule has 0 aliphatic carbocycles. The van der Waals surface area contributed by atoms with E-state index in [-0.39, 0.29) is 18.0 Å². The summed E-state index contributed by atoms with van der Waals surface area (Å²) in [4.78, 5) is 12.8. The van der Waals surface area contributed by atoms with Gasteiger partial charge >= 0.3 is 0 Å². The van der Waals surface area contributed by atoms with Gasteiger partial charge in [0.05, 0.1) is 24.3 Å². The largest absolute Gasteiger partial charge is 0.496 e. The van der Waals surface area contributed by atoms with Crippen LogP contribution in [0.3, 0.4) is 0 Å². The number of para-hydroxylation sites is 1. The lowest BCUT2D eigenvalue weighted by Crippen LogP contribution is -2.40. The molecule has 0 saturated carbocycles. The summed E-state index contributed by atoms with van der Waals surface area (Å²) in [7, 11) is -2.46. The van der Waals surface area contributed by atoms with Crippen LogP contribution in [0.25, 0.3) is 0 Å². The molecule has 0 radical (unpaired) electrons. The number of nitrogens with zero attached hydrogens (tertiary/aromatic N) is 1. The van der Waals surface area contributed by atoms with Gasteiger partial charge in [-0.25, -0.2) is 8.42 Å². The molecule has 0 atom stereocenters. The molecular weight excluding hydrogens is 440 g/mol. The molecule has 3 rings (SSSR count). The Balaban J connectivity index is 1.79. The number of hydrogen-bond donors (Lipinski definition) is 1. The van der Waals surface area contributed by atoms with Crippen molar-refractivity contribution in [3.8, 4) is 11.5 Å². The Morgan fingerprint density at radius 2 is 1.70 bits per heavy atom. The van der Waals surface area contributed by atoms with Crippen LogP contribution in [0.4, 0.5) is 5.69 Å². The first-order valence-corrected chi connectivity index (χ1v) is 12.0. The molecular formula is C25H28N2O5S. The molecule has 3 aromatic carbocycles. The minimum atomic E-state index is -3.99. The third kappa shape index (κ3) is 6.04. The summed E-state index contributed by atoms with van der Waals surface area (Å²) in [6, 6.07) is 20.6. The number of sulfonamides is 1. The number of aryl methyl sites for hydroxylation is 1. The fraction of sp³-hybridized carbons (Fsp3) is 0.240. The predicted octanol–water partition coefficient (Wildman–Crippen LogP) is 3.91. The topological polar surface area (TPSA) is 84.9 Å². The van der Waals surface area contributed by atoms with Gasteiger partial charge in [-0.05, 0) is 67.4 Å². The number of anilines is 1. The second-order valence-electron chi connectivity index (χ2n) is 7.33. The standard InChI is InChI=1S/C25H28N2O5S/c1-4-32-22-12-10-20(11-13-22)17-26-25(28)18-27(21-8-6-5-7-9-21)33(29,30)23-14-15-24(31-3)19(2)16-23/h5-16H,4,17-18H2,1-3H3,(H,26,28). The third-order valence-corrected chi connectivity index (χ3v) is 6.78. The van der Waals surface area contributed by atoms with Crippen LogP contribution in [-0.4, -0.2) is 34.6 Å². The summed E-state index contributed by atoms with van der Waals surface area (Å²) >= 11 is 0. The van der Waals surface area contributed by atoms with Crippen LogP contribution >= 0.6 is 0 Å². The predicted molar refractivity (Wildman–Crippen MR) is 128 cm³/mol. The van der Waals surface area contributed by atoms with Crippen molar-refractivity contribution in [2.45, 2.75) is 25.3 Å². The Bertz CT molecular complexity index is 1180. The lowest BCUT2D eigenvalue weighted by atomic mass is 10.2. The van der Waals surface area contributed by atoms with E-state index in [2.05, 4.69) is 5.32 Å². The smallest absolute Gasteiger partial charge is 0.264 e. The van der Waals surface area contributed by atoms with Gasteiger partial charge in [-0.2, -0.15) is 0 Å². The first-order chi connectivity index (χ1) is 15.8. The van der Waals surface area contributed by atoms with E-state index in [1.807, 2.05) is 31.2 Å². The van der Waals surface area contributed by atoms with Gasteiger partial charge in [0.1, 0.15) is 18.0 Å². The van der Waals surface area contributed by atoms with Gasteiger partial charge < -0.3 is 14.8 Å². The van der Waals surface area contributed by atoms with Crippen molar-refractivity contribution in [2.24, 2.45) is 0 Å². The molecule has 1 amide bonds. The molecule has 1 N–H and O–H groups in total. The molecule has 0 fully saturated rings. The summed E-state index contributed by atoms with van der Waals surface area (Å²) in [5, 5.41) is 2.80. The molecule has 0 unspecified atom stereocenters. The highest BCUT2D eigenvalue weighted by Gasteiger charge is 2.27. The van der Waals surface area contributed by atoms with Crippen molar-refractivity contribution in [1.29, 1.82) is 0 Å². The maximum absolute atomic E-state index is 13.5. The van der Waals surface area contributed by atoms with E-state index in [4.69, 9.17) is 9.47 Å². The summed E-state index contributed by atoms with van der Waals surface area (Å²) in [6.07, 6.45) is 0. The average molecular weight is 469 g/mol. The maximum atomic E-state index is 13.5. The van der Waals surface area contributed by atoms with E-state index in [1.165, 1.54) is 13.2 Å². The molecule has 0 aromatic heterocycles. The number of carbonyl (C=O) groups is 1. The van der Waals surface area contributed by atoms with E-state index in [1.54, 1.807) is 49.4 Å². The highest BCUT2D eigenvalue weighted by atomic mass is 32.2. The summed E-state index contributed by atoms with van der Waals surface area (Å²) in [5.41, 5.74) is 1.97. The molecule has 0 saturated heterocycles. The van der Waals surface area contributed by atoms with Crippen LogP contribution in [0.1, 0.15) is 18.1 Å². The van der Waals surface area contributed by atoms with Gasteiger partial charge in [-0.3, -0.25) is 9.10 Å². The molecule has 0 aliphatic heterocycles. The van der Waals surface area contributed by atoms with Gasteiger partial charge in [0.25, 0.3) is 10.0 Å². The molecule has 0 heterocycles. The number of nitrogens with one attached hydrogen (secondary N) is 1. The number of carbonyl (C=O) groups excluding carboxylic acids is 1. The van der Waals surface area contributed by atoms with Crippen LogP contribution in [-0.2, 0) is 21.4 Å². The molecule has 174 valence electrons. The highest BCUT2D eigenvalue weighted by molar-refractivity contribution is 7.92. The molecule has 33 heavy (non-hydrogen) atoms. The second kappa shape index (κ2) is 10.9. The zero-order chi connectivity index (χ0) is 23.8. The van der Waals surface area contributed by atoms with Crippen LogP contribution in [0.5, 0.6) is 11.5 Å². The van der Waals surface area contributed by atoms with E-state index >= 15 is 0 Å². The monoisotopic (exact) mass is 468 g/mol. The maximum Gasteiger partial charge on any atom is 0.264 e. The Kier molecular flexibility index (Phi) is 7.95. The van der Waals surface area contributed by atoms with Gasteiger partial charge in [0.15, 0.2) is 0 Å².